The molecule has 1 aromatic rings. The summed E-state index contributed by atoms with van der Waals surface area (Å²) in [7, 11) is 0. The first-order chi connectivity index (χ1) is 7.56. The number of halogens is 3. The van der Waals surface area contributed by atoms with Crippen LogP contribution in [0.15, 0.2) is 12.1 Å². The lowest BCUT2D eigenvalue weighted by molar-refractivity contribution is -0.114. The highest BCUT2D eigenvalue weighted by atomic mass is 19.2. The van der Waals surface area contributed by atoms with Crippen molar-refractivity contribution in [1.82, 2.24) is 0 Å². The largest absolute Gasteiger partial charge is 0.302 e. The second-order valence-electron chi connectivity index (χ2n) is 3.26. The molecule has 0 atom stereocenters. The number of carbonyl (C=O) groups is 2. The molecule has 84 valence electrons. The molecule has 0 aliphatic carbocycles. The monoisotopic (exact) mass is 229 g/mol. The molecule has 0 N–H and O–H groups in total. The van der Waals surface area contributed by atoms with Crippen molar-refractivity contribution in [3.63, 3.8) is 0 Å². The SMILES string of the molecule is O=C1C(=O)N(CCF)c2cc(F)c(F)cc21. The van der Waals surface area contributed by atoms with E-state index in [0.717, 1.165) is 11.0 Å². The fraction of sp³-hybridized carbons (Fsp3) is 0.200. The average molecular weight is 229 g/mol. The molecule has 1 amide bonds. The van der Waals surface area contributed by atoms with Crippen molar-refractivity contribution in [2.45, 2.75) is 0 Å². The van der Waals surface area contributed by atoms with Gasteiger partial charge in [-0.1, -0.05) is 0 Å². The van der Waals surface area contributed by atoms with Crippen LogP contribution < -0.4 is 4.90 Å². The van der Waals surface area contributed by atoms with Crippen molar-refractivity contribution < 1.29 is 22.8 Å². The summed E-state index contributed by atoms with van der Waals surface area (Å²) in [5, 5.41) is 0. The van der Waals surface area contributed by atoms with Crippen LogP contribution in [0.25, 0.3) is 0 Å². The first kappa shape index (κ1) is 10.7. The van der Waals surface area contributed by atoms with Crippen LogP contribution in [0.4, 0.5) is 18.9 Å². The zero-order valence-corrected chi connectivity index (χ0v) is 7.97. The molecule has 6 heteroatoms. The first-order valence-electron chi connectivity index (χ1n) is 4.47. The summed E-state index contributed by atoms with van der Waals surface area (Å²) in [6.45, 7) is -1.21. The molecular formula is C10H6F3NO2. The van der Waals surface area contributed by atoms with E-state index in [-0.39, 0.29) is 17.8 Å². The van der Waals surface area contributed by atoms with Crippen LogP contribution >= 0.6 is 0 Å². The van der Waals surface area contributed by atoms with Crippen LogP contribution in [-0.4, -0.2) is 24.9 Å². The summed E-state index contributed by atoms with van der Waals surface area (Å²) in [5.41, 5.74) is -0.302. The molecule has 1 aliphatic rings. The zero-order valence-electron chi connectivity index (χ0n) is 7.97. The topological polar surface area (TPSA) is 37.4 Å². The maximum absolute atomic E-state index is 12.9. The highest BCUT2D eigenvalue weighted by Crippen LogP contribution is 2.30. The van der Waals surface area contributed by atoms with Crippen molar-refractivity contribution in [3.8, 4) is 0 Å². The fourth-order valence-electron chi connectivity index (χ4n) is 1.60. The third-order valence-corrected chi connectivity index (χ3v) is 2.32. The van der Waals surface area contributed by atoms with Crippen LogP contribution in [0.3, 0.4) is 0 Å². The van der Waals surface area contributed by atoms with E-state index in [1.165, 1.54) is 0 Å². The zero-order chi connectivity index (χ0) is 11.9. The number of ketones is 1. The molecule has 0 fully saturated rings. The molecule has 0 spiro atoms. The van der Waals surface area contributed by atoms with Crippen LogP contribution in [0.2, 0.25) is 0 Å². The predicted molar refractivity (Wildman–Crippen MR) is 49.0 cm³/mol. The third-order valence-electron chi connectivity index (χ3n) is 2.32. The van der Waals surface area contributed by atoms with E-state index in [9.17, 15) is 22.8 Å². The Kier molecular flexibility index (Phi) is 2.41. The number of benzene rings is 1. The van der Waals surface area contributed by atoms with Gasteiger partial charge in [0.05, 0.1) is 17.8 Å². The minimum absolute atomic E-state index is 0.0773. The Hall–Kier alpha value is -1.85. The van der Waals surface area contributed by atoms with Gasteiger partial charge in [0.15, 0.2) is 11.6 Å². The number of hydrogen-bond acceptors (Lipinski definition) is 2. The number of amides is 1. The molecule has 3 nitrogen and oxygen atoms in total. The number of fused-ring (bicyclic) bond motifs is 1. The molecule has 0 radical (unpaired) electrons. The summed E-state index contributed by atoms with van der Waals surface area (Å²) < 4.78 is 37.9. The van der Waals surface area contributed by atoms with Crippen molar-refractivity contribution in [2.75, 3.05) is 18.1 Å². The average Bonchev–Trinajstić information content (AvgIpc) is 2.46. The molecule has 0 unspecified atom stereocenters. The van der Waals surface area contributed by atoms with E-state index in [4.69, 9.17) is 0 Å². The van der Waals surface area contributed by atoms with Gasteiger partial charge >= 0.3 is 0 Å². The summed E-state index contributed by atoms with van der Waals surface area (Å²) in [6.07, 6.45) is 0. The van der Waals surface area contributed by atoms with E-state index in [0.29, 0.717) is 6.07 Å². The van der Waals surface area contributed by atoms with E-state index in [1.54, 1.807) is 0 Å². The van der Waals surface area contributed by atoms with Crippen molar-refractivity contribution in [3.05, 3.63) is 29.3 Å². The van der Waals surface area contributed by atoms with Crippen LogP contribution in [-0.2, 0) is 4.79 Å². The predicted octanol–water partition coefficient (Wildman–Crippen LogP) is 1.46. The van der Waals surface area contributed by atoms with Gasteiger partial charge < -0.3 is 4.90 Å². The van der Waals surface area contributed by atoms with Crippen LogP contribution in [0, 0.1) is 11.6 Å². The molecule has 1 aliphatic heterocycles. The lowest BCUT2D eigenvalue weighted by Crippen LogP contribution is -2.31. The highest BCUT2D eigenvalue weighted by molar-refractivity contribution is 6.52. The minimum Gasteiger partial charge on any atom is -0.302 e. The van der Waals surface area contributed by atoms with E-state index >= 15 is 0 Å². The van der Waals surface area contributed by atoms with Crippen LogP contribution in [0.5, 0.6) is 0 Å². The third kappa shape index (κ3) is 1.37. The highest BCUT2D eigenvalue weighted by Gasteiger charge is 2.36. The number of nitrogens with zero attached hydrogens (tertiary/aromatic N) is 1. The van der Waals surface area contributed by atoms with Crippen molar-refractivity contribution in [1.29, 1.82) is 0 Å². The molecular weight excluding hydrogens is 223 g/mol. The fourth-order valence-corrected chi connectivity index (χ4v) is 1.60. The Balaban J connectivity index is 2.56. The molecule has 0 aromatic heterocycles. The summed E-state index contributed by atoms with van der Waals surface area (Å²) in [4.78, 5) is 23.5. The normalized spacial score (nSPS) is 14.6. The maximum Gasteiger partial charge on any atom is 0.299 e. The molecule has 1 aromatic carbocycles. The second-order valence-corrected chi connectivity index (χ2v) is 3.26. The van der Waals surface area contributed by atoms with E-state index < -0.39 is 30.0 Å². The number of hydrogen-bond donors (Lipinski definition) is 0. The van der Waals surface area contributed by atoms with Crippen LogP contribution in [0.1, 0.15) is 10.4 Å². The molecule has 0 saturated heterocycles. The van der Waals surface area contributed by atoms with Crippen molar-refractivity contribution in [2.24, 2.45) is 0 Å². The molecule has 2 rings (SSSR count). The van der Waals surface area contributed by atoms with Gasteiger partial charge in [0.2, 0.25) is 0 Å². The Morgan fingerprint density at radius 1 is 1.12 bits per heavy atom. The lowest BCUT2D eigenvalue weighted by atomic mass is 10.1. The Morgan fingerprint density at radius 3 is 2.38 bits per heavy atom. The Labute approximate surface area is 88.5 Å². The van der Waals surface area contributed by atoms with Gasteiger partial charge in [-0.25, -0.2) is 13.2 Å². The lowest BCUT2D eigenvalue weighted by Gasteiger charge is -2.13. The van der Waals surface area contributed by atoms with Gasteiger partial charge in [-0.3, -0.25) is 9.59 Å². The van der Waals surface area contributed by atoms with Crippen molar-refractivity contribution >= 4 is 17.4 Å². The Morgan fingerprint density at radius 2 is 1.75 bits per heavy atom. The van der Waals surface area contributed by atoms with E-state index in [2.05, 4.69) is 0 Å². The molecule has 0 saturated carbocycles. The minimum atomic E-state index is -1.21. The summed E-state index contributed by atoms with van der Waals surface area (Å²) in [5.74, 6) is -4.29. The summed E-state index contributed by atoms with van der Waals surface area (Å²) in [6, 6.07) is 1.38. The number of rotatable bonds is 2. The quantitative estimate of drug-likeness (QED) is 0.720. The van der Waals surface area contributed by atoms with E-state index in [1.807, 2.05) is 0 Å². The van der Waals surface area contributed by atoms with Gasteiger partial charge in [0.25, 0.3) is 11.7 Å². The standard InChI is InChI=1S/C10H6F3NO2/c11-1-2-14-8-4-7(13)6(12)3-5(8)9(15)10(14)16/h3-4H,1-2H2. The molecule has 0 bridgehead atoms. The number of anilines is 1. The van der Waals surface area contributed by atoms with Gasteiger partial charge in [-0.05, 0) is 6.07 Å². The Bertz CT molecular complexity index is 487. The first-order valence-corrected chi connectivity index (χ1v) is 4.47. The maximum atomic E-state index is 12.9. The number of alkyl halides is 1. The smallest absolute Gasteiger partial charge is 0.299 e. The molecule has 16 heavy (non-hydrogen) atoms. The van der Waals surface area contributed by atoms with Gasteiger partial charge in [-0.2, -0.15) is 0 Å². The van der Waals surface area contributed by atoms with Gasteiger partial charge in [-0.15, -0.1) is 0 Å². The summed E-state index contributed by atoms with van der Waals surface area (Å²) >= 11 is 0. The van der Waals surface area contributed by atoms with Gasteiger partial charge in [0, 0.05) is 6.07 Å². The number of carbonyl (C=O) groups excluding carboxylic acids is 2. The molecule has 1 heterocycles. The number of Topliss-reactive ketones (excluding diaryl/α,β-unsaturated/α-hetero) is 1. The van der Waals surface area contributed by atoms with Gasteiger partial charge in [0.1, 0.15) is 6.67 Å². The second kappa shape index (κ2) is 3.62.